The molecule has 1 aromatic carbocycles. The third kappa shape index (κ3) is 4.94. The Morgan fingerprint density at radius 3 is 2.70 bits per heavy atom. The molecule has 1 amide bonds. The molecule has 0 unspecified atom stereocenters. The number of morpholine rings is 1. The van der Waals surface area contributed by atoms with E-state index in [1.807, 2.05) is 0 Å². The van der Waals surface area contributed by atoms with Crippen LogP contribution in [0.2, 0.25) is 0 Å². The summed E-state index contributed by atoms with van der Waals surface area (Å²) in [4.78, 5) is 16.7. The topological polar surface area (TPSA) is 69.7 Å². The fourth-order valence-electron chi connectivity index (χ4n) is 3.00. The maximum Gasteiger partial charge on any atom is 0.289 e. The smallest absolute Gasteiger partial charge is 0.289 e. The van der Waals surface area contributed by atoms with E-state index in [4.69, 9.17) is 14.4 Å². The number of nitrogens with zero attached hydrogens (tertiary/aromatic N) is 3. The third-order valence-electron chi connectivity index (χ3n) is 4.53. The summed E-state index contributed by atoms with van der Waals surface area (Å²) < 4.78 is 24.9. The zero-order valence-electron chi connectivity index (χ0n) is 15.1. The van der Waals surface area contributed by atoms with Gasteiger partial charge in [0.05, 0.1) is 31.3 Å². The Morgan fingerprint density at radius 2 is 1.96 bits per heavy atom. The average Bonchev–Trinajstić information content (AvgIpc) is 3.19. The largest absolute Gasteiger partial charge is 0.451 e. The van der Waals surface area contributed by atoms with Crippen LogP contribution in [0.5, 0.6) is 0 Å². The second kappa shape index (κ2) is 9.31. The number of nitriles is 1. The molecule has 1 saturated heterocycles. The lowest BCUT2D eigenvalue weighted by atomic mass is 10.1. The van der Waals surface area contributed by atoms with Gasteiger partial charge in [-0.05, 0) is 24.3 Å². The predicted octanol–water partition coefficient (Wildman–Crippen LogP) is 2.77. The van der Waals surface area contributed by atoms with Crippen LogP contribution in [-0.4, -0.2) is 61.6 Å². The summed E-state index contributed by atoms with van der Waals surface area (Å²) in [7, 11) is 0. The molecule has 0 atom stereocenters. The number of rotatable bonds is 7. The van der Waals surface area contributed by atoms with E-state index in [2.05, 4.69) is 11.0 Å². The molecule has 2 heterocycles. The highest BCUT2D eigenvalue weighted by Gasteiger charge is 2.21. The predicted molar refractivity (Wildman–Crippen MR) is 97.5 cm³/mol. The molecular weight excluding hydrogens is 349 g/mol. The first-order valence-electron chi connectivity index (χ1n) is 9.00. The zero-order chi connectivity index (χ0) is 19.1. The Hall–Kier alpha value is -2.69. The molecule has 3 rings (SSSR count). The van der Waals surface area contributed by atoms with Gasteiger partial charge in [0.15, 0.2) is 5.76 Å². The number of hydrogen-bond acceptors (Lipinski definition) is 5. The van der Waals surface area contributed by atoms with Crippen LogP contribution in [0.15, 0.2) is 40.8 Å². The highest BCUT2D eigenvalue weighted by Crippen LogP contribution is 2.25. The first-order chi connectivity index (χ1) is 13.2. The lowest BCUT2D eigenvalue weighted by Crippen LogP contribution is -2.43. The lowest BCUT2D eigenvalue weighted by Gasteiger charge is -2.29. The molecule has 0 radical (unpaired) electrons. The number of hydrogen-bond donors (Lipinski definition) is 0. The molecule has 0 saturated carbocycles. The van der Waals surface area contributed by atoms with E-state index in [0.29, 0.717) is 44.2 Å². The lowest BCUT2D eigenvalue weighted by molar-refractivity contribution is 0.0322. The minimum atomic E-state index is -0.403. The van der Waals surface area contributed by atoms with Gasteiger partial charge in [-0.25, -0.2) is 4.39 Å². The van der Waals surface area contributed by atoms with Crippen LogP contribution in [0.1, 0.15) is 17.0 Å². The number of halogens is 1. The van der Waals surface area contributed by atoms with E-state index in [-0.39, 0.29) is 18.1 Å². The maximum absolute atomic E-state index is 13.9. The standard InChI is InChI=1S/C20H22FN3O3/c21-17-5-2-1-4-16(17)18-6-7-19(27-18)20(25)24(9-3-8-22)11-10-23-12-14-26-15-13-23/h1-2,4-7H,3,9-15H2. The van der Waals surface area contributed by atoms with Crippen LogP contribution in [0, 0.1) is 17.1 Å². The number of amides is 1. The Labute approximate surface area is 157 Å². The molecule has 27 heavy (non-hydrogen) atoms. The Bertz CT molecular complexity index is 809. The first-order valence-corrected chi connectivity index (χ1v) is 9.00. The molecule has 7 heteroatoms. The number of carbonyl (C=O) groups is 1. The van der Waals surface area contributed by atoms with E-state index < -0.39 is 5.82 Å². The van der Waals surface area contributed by atoms with Crippen LogP contribution in [0.3, 0.4) is 0 Å². The molecule has 142 valence electrons. The summed E-state index contributed by atoms with van der Waals surface area (Å²) in [5.74, 6) is -0.237. The van der Waals surface area contributed by atoms with Gasteiger partial charge in [-0.2, -0.15) is 5.26 Å². The maximum atomic E-state index is 13.9. The fraction of sp³-hybridized carbons (Fsp3) is 0.400. The molecule has 0 aliphatic carbocycles. The average molecular weight is 371 g/mol. The van der Waals surface area contributed by atoms with E-state index >= 15 is 0 Å². The Kier molecular flexibility index (Phi) is 6.58. The number of furan rings is 1. The SMILES string of the molecule is N#CCCN(CCN1CCOCC1)C(=O)c1ccc(-c2ccccc2F)o1. The molecule has 1 fully saturated rings. The van der Waals surface area contributed by atoms with Gasteiger partial charge in [-0.1, -0.05) is 12.1 Å². The van der Waals surface area contributed by atoms with E-state index in [9.17, 15) is 9.18 Å². The van der Waals surface area contributed by atoms with Gasteiger partial charge in [-0.3, -0.25) is 9.69 Å². The van der Waals surface area contributed by atoms with Crippen molar-refractivity contribution in [1.82, 2.24) is 9.80 Å². The minimum Gasteiger partial charge on any atom is -0.451 e. The summed E-state index contributed by atoms with van der Waals surface area (Å²) in [6.45, 7) is 4.58. The second-order valence-corrected chi connectivity index (χ2v) is 6.30. The fourth-order valence-corrected chi connectivity index (χ4v) is 3.00. The van der Waals surface area contributed by atoms with E-state index in [0.717, 1.165) is 13.1 Å². The Morgan fingerprint density at radius 1 is 1.19 bits per heavy atom. The summed E-state index contributed by atoms with van der Waals surface area (Å²) >= 11 is 0. The molecule has 2 aromatic rings. The van der Waals surface area contributed by atoms with Crippen molar-refractivity contribution < 1.29 is 18.3 Å². The number of ether oxygens (including phenoxy) is 1. The minimum absolute atomic E-state index is 0.146. The molecule has 1 aliphatic rings. The highest BCUT2D eigenvalue weighted by atomic mass is 19.1. The summed E-state index contributed by atoms with van der Waals surface area (Å²) in [6.07, 6.45) is 0.246. The molecular formula is C20H22FN3O3. The van der Waals surface area contributed by atoms with Crippen molar-refractivity contribution in [2.24, 2.45) is 0 Å². The summed E-state index contributed by atoms with van der Waals surface area (Å²) in [5, 5.41) is 8.89. The van der Waals surface area contributed by atoms with Crippen molar-refractivity contribution in [3.05, 3.63) is 48.0 Å². The second-order valence-electron chi connectivity index (χ2n) is 6.30. The molecule has 1 aliphatic heterocycles. The zero-order valence-corrected chi connectivity index (χ0v) is 15.1. The van der Waals surface area contributed by atoms with Crippen molar-refractivity contribution in [2.75, 3.05) is 45.9 Å². The van der Waals surface area contributed by atoms with Gasteiger partial charge < -0.3 is 14.1 Å². The highest BCUT2D eigenvalue weighted by molar-refractivity contribution is 5.92. The van der Waals surface area contributed by atoms with Gasteiger partial charge >= 0.3 is 0 Å². The van der Waals surface area contributed by atoms with Gasteiger partial charge in [0.25, 0.3) is 5.91 Å². The number of benzene rings is 1. The normalized spacial score (nSPS) is 14.7. The number of carbonyl (C=O) groups excluding carboxylic acids is 1. The molecule has 0 N–H and O–H groups in total. The van der Waals surface area contributed by atoms with Crippen molar-refractivity contribution in [3.63, 3.8) is 0 Å². The van der Waals surface area contributed by atoms with Crippen LogP contribution in [0.4, 0.5) is 4.39 Å². The first kappa shape index (κ1) is 19.1. The van der Waals surface area contributed by atoms with Crippen LogP contribution >= 0.6 is 0 Å². The molecule has 6 nitrogen and oxygen atoms in total. The van der Waals surface area contributed by atoms with Crippen molar-refractivity contribution in [1.29, 1.82) is 5.26 Å². The van der Waals surface area contributed by atoms with Gasteiger partial charge in [0, 0.05) is 32.7 Å². The monoisotopic (exact) mass is 371 g/mol. The van der Waals surface area contributed by atoms with E-state index in [1.54, 1.807) is 35.2 Å². The summed E-state index contributed by atoms with van der Waals surface area (Å²) in [5.41, 5.74) is 0.313. The third-order valence-corrected chi connectivity index (χ3v) is 4.53. The molecule has 1 aromatic heterocycles. The van der Waals surface area contributed by atoms with Crippen LogP contribution < -0.4 is 0 Å². The van der Waals surface area contributed by atoms with Gasteiger partial charge in [-0.15, -0.1) is 0 Å². The van der Waals surface area contributed by atoms with Crippen LogP contribution in [-0.2, 0) is 4.74 Å². The quantitative estimate of drug-likeness (QED) is 0.749. The van der Waals surface area contributed by atoms with E-state index in [1.165, 1.54) is 6.07 Å². The Balaban J connectivity index is 1.69. The molecule has 0 bridgehead atoms. The molecule has 0 spiro atoms. The summed E-state index contributed by atoms with van der Waals surface area (Å²) in [6, 6.07) is 11.5. The van der Waals surface area contributed by atoms with Gasteiger partial charge in [0.2, 0.25) is 0 Å². The van der Waals surface area contributed by atoms with Crippen LogP contribution in [0.25, 0.3) is 11.3 Å². The van der Waals surface area contributed by atoms with Crippen molar-refractivity contribution >= 4 is 5.91 Å². The van der Waals surface area contributed by atoms with Gasteiger partial charge in [0.1, 0.15) is 11.6 Å². The van der Waals surface area contributed by atoms with Crippen molar-refractivity contribution in [3.8, 4) is 17.4 Å². The van der Waals surface area contributed by atoms with Crippen molar-refractivity contribution in [2.45, 2.75) is 6.42 Å².